The molecule has 1 aromatic rings. The molecule has 0 saturated carbocycles. The van der Waals surface area contributed by atoms with Crippen LogP contribution in [0.2, 0.25) is 0 Å². The van der Waals surface area contributed by atoms with E-state index in [1.807, 2.05) is 0 Å². The predicted molar refractivity (Wildman–Crippen MR) is 68.5 cm³/mol. The molecule has 0 fully saturated rings. The van der Waals surface area contributed by atoms with E-state index in [2.05, 4.69) is 4.74 Å². The van der Waals surface area contributed by atoms with Gasteiger partial charge in [-0.2, -0.15) is 14.0 Å². The number of nitrogens with zero attached hydrogens (tertiary/aromatic N) is 1. The van der Waals surface area contributed by atoms with Gasteiger partial charge in [0, 0.05) is 5.56 Å². The van der Waals surface area contributed by atoms with E-state index < -0.39 is 40.6 Å². The minimum atomic E-state index is -4.13. The Labute approximate surface area is 124 Å². The summed E-state index contributed by atoms with van der Waals surface area (Å²) in [6, 6.07) is 0.538. The fraction of sp³-hybridized carbons (Fsp3) is 0.333. The Kier molecular flexibility index (Phi) is 6.48. The lowest BCUT2D eigenvalue weighted by Crippen LogP contribution is -2.41. The number of aromatic hydroxyl groups is 1. The van der Waals surface area contributed by atoms with Gasteiger partial charge in [0.2, 0.25) is 0 Å². The molecule has 21 heavy (non-hydrogen) atoms. The van der Waals surface area contributed by atoms with E-state index in [-0.39, 0.29) is 19.0 Å². The summed E-state index contributed by atoms with van der Waals surface area (Å²) in [5, 5.41) is 18.2. The fourth-order valence-corrected chi connectivity index (χ4v) is 1.49. The monoisotopic (exact) mass is 324 g/mol. The van der Waals surface area contributed by atoms with Crippen molar-refractivity contribution in [2.24, 2.45) is 5.73 Å². The third-order valence-corrected chi connectivity index (χ3v) is 2.54. The zero-order valence-corrected chi connectivity index (χ0v) is 11.6. The molecule has 0 aliphatic carbocycles. The highest BCUT2D eigenvalue weighted by Gasteiger charge is 2.48. The van der Waals surface area contributed by atoms with Crippen molar-refractivity contribution < 1.29 is 27.8 Å². The molecule has 0 bridgehead atoms. The van der Waals surface area contributed by atoms with Crippen molar-refractivity contribution in [3.05, 3.63) is 29.1 Å². The lowest BCUT2D eigenvalue weighted by Gasteiger charge is -2.22. The van der Waals surface area contributed by atoms with Gasteiger partial charge in [-0.1, -0.05) is 6.07 Å². The number of nitriles is 1. The van der Waals surface area contributed by atoms with Crippen LogP contribution in [0.3, 0.4) is 0 Å². The number of nitrogens with two attached hydrogens (primary N) is 1. The summed E-state index contributed by atoms with van der Waals surface area (Å²) in [6.07, 6.45) is 0. The number of ether oxygens (including phenoxy) is 1. The Bertz CT molecular complexity index is 576. The van der Waals surface area contributed by atoms with Gasteiger partial charge in [0.05, 0.1) is 6.61 Å². The van der Waals surface area contributed by atoms with Crippen molar-refractivity contribution in [2.45, 2.75) is 18.9 Å². The molecule has 116 valence electrons. The normalized spacial score (nSPS) is 12.0. The number of carbonyl (C=O) groups is 1. The van der Waals surface area contributed by atoms with E-state index in [1.165, 1.54) is 13.0 Å². The highest BCUT2D eigenvalue weighted by atomic mass is 35.5. The quantitative estimate of drug-likeness (QED) is 0.826. The molecular formula is C12H12ClF3N2O3. The molecule has 0 aromatic heterocycles. The number of carbonyl (C=O) groups excluding carboxylic acids is 1. The van der Waals surface area contributed by atoms with Crippen LogP contribution in [0.5, 0.6) is 5.75 Å². The Morgan fingerprint density at radius 2 is 2.14 bits per heavy atom. The first-order valence-electron chi connectivity index (χ1n) is 5.49. The average Bonchev–Trinajstić information content (AvgIpc) is 2.39. The van der Waals surface area contributed by atoms with Crippen LogP contribution in [-0.4, -0.2) is 23.6 Å². The first kappa shape index (κ1) is 19.0. The number of phenols is 1. The summed E-state index contributed by atoms with van der Waals surface area (Å²) >= 11 is 0. The van der Waals surface area contributed by atoms with Gasteiger partial charge in [-0.15, -0.1) is 12.4 Å². The SMILES string of the molecule is CCOC(=O)C(F)(F)[C@@H](N)c1ccc(F)c(C#N)c1O.Cl. The van der Waals surface area contributed by atoms with Crippen LogP contribution in [0.4, 0.5) is 13.2 Å². The highest BCUT2D eigenvalue weighted by molar-refractivity contribution is 5.85. The number of hydrogen-bond acceptors (Lipinski definition) is 5. The van der Waals surface area contributed by atoms with E-state index in [1.54, 1.807) is 0 Å². The summed E-state index contributed by atoms with van der Waals surface area (Å²) in [4.78, 5) is 11.1. The van der Waals surface area contributed by atoms with Crippen LogP contribution in [0.15, 0.2) is 12.1 Å². The van der Waals surface area contributed by atoms with Crippen molar-refractivity contribution in [3.8, 4) is 11.8 Å². The first-order chi connectivity index (χ1) is 9.27. The number of esters is 1. The van der Waals surface area contributed by atoms with E-state index in [0.29, 0.717) is 6.07 Å². The molecule has 0 saturated heterocycles. The first-order valence-corrected chi connectivity index (χ1v) is 5.49. The van der Waals surface area contributed by atoms with E-state index in [4.69, 9.17) is 11.0 Å². The van der Waals surface area contributed by atoms with Crippen LogP contribution in [0.1, 0.15) is 24.1 Å². The summed E-state index contributed by atoms with van der Waals surface area (Å²) in [7, 11) is 0. The maximum Gasteiger partial charge on any atom is 0.379 e. The molecule has 5 nitrogen and oxygen atoms in total. The maximum atomic E-state index is 13.7. The van der Waals surface area contributed by atoms with Crippen molar-refractivity contribution in [1.82, 2.24) is 0 Å². The van der Waals surface area contributed by atoms with Gasteiger partial charge in [-0.05, 0) is 13.0 Å². The number of alkyl halides is 2. The van der Waals surface area contributed by atoms with Crippen LogP contribution in [0.25, 0.3) is 0 Å². The van der Waals surface area contributed by atoms with Crippen molar-refractivity contribution >= 4 is 18.4 Å². The predicted octanol–water partition coefficient (Wildman–Crippen LogP) is 2.02. The zero-order valence-electron chi connectivity index (χ0n) is 10.8. The third-order valence-electron chi connectivity index (χ3n) is 2.54. The zero-order chi connectivity index (χ0) is 15.5. The number of benzene rings is 1. The van der Waals surface area contributed by atoms with E-state index in [9.17, 15) is 23.1 Å². The Morgan fingerprint density at radius 3 is 2.62 bits per heavy atom. The number of phenolic OH excluding ortho intramolecular Hbond substituents is 1. The smallest absolute Gasteiger partial charge is 0.379 e. The maximum absolute atomic E-state index is 13.7. The van der Waals surface area contributed by atoms with Gasteiger partial charge >= 0.3 is 11.9 Å². The Morgan fingerprint density at radius 1 is 1.57 bits per heavy atom. The molecule has 3 N–H and O–H groups in total. The van der Waals surface area contributed by atoms with Crippen molar-refractivity contribution in [2.75, 3.05) is 6.61 Å². The van der Waals surface area contributed by atoms with Gasteiger partial charge in [0.25, 0.3) is 0 Å². The van der Waals surface area contributed by atoms with Crippen LogP contribution >= 0.6 is 12.4 Å². The van der Waals surface area contributed by atoms with E-state index in [0.717, 1.165) is 6.07 Å². The van der Waals surface area contributed by atoms with Crippen LogP contribution < -0.4 is 5.73 Å². The third kappa shape index (κ3) is 3.56. The molecule has 0 amide bonds. The Balaban J connectivity index is 0.00000400. The molecule has 9 heteroatoms. The second-order valence-corrected chi connectivity index (χ2v) is 3.79. The van der Waals surface area contributed by atoms with Gasteiger partial charge < -0.3 is 15.6 Å². The summed E-state index contributed by atoms with van der Waals surface area (Å²) in [6.45, 7) is 1.06. The summed E-state index contributed by atoms with van der Waals surface area (Å²) in [5.41, 5.74) is 3.79. The molecule has 1 rings (SSSR count). The molecule has 0 aliphatic heterocycles. The molecule has 0 unspecified atom stereocenters. The lowest BCUT2D eigenvalue weighted by atomic mass is 9.98. The largest absolute Gasteiger partial charge is 0.506 e. The second-order valence-electron chi connectivity index (χ2n) is 3.79. The Hall–Kier alpha value is -1.98. The number of rotatable bonds is 4. The summed E-state index contributed by atoms with van der Waals surface area (Å²) < 4.78 is 44.8. The fourth-order valence-electron chi connectivity index (χ4n) is 1.49. The van der Waals surface area contributed by atoms with Crippen molar-refractivity contribution in [3.63, 3.8) is 0 Å². The average molecular weight is 325 g/mol. The highest BCUT2D eigenvalue weighted by Crippen LogP contribution is 2.37. The second kappa shape index (κ2) is 7.15. The molecule has 0 heterocycles. The van der Waals surface area contributed by atoms with Gasteiger partial charge in [-0.3, -0.25) is 0 Å². The van der Waals surface area contributed by atoms with Gasteiger partial charge in [0.1, 0.15) is 29.2 Å². The van der Waals surface area contributed by atoms with E-state index >= 15 is 0 Å². The number of hydrogen-bond donors (Lipinski definition) is 2. The molecule has 1 aromatic carbocycles. The molecule has 0 radical (unpaired) electrons. The topological polar surface area (TPSA) is 96.3 Å². The lowest BCUT2D eigenvalue weighted by molar-refractivity contribution is -0.174. The number of halogens is 4. The van der Waals surface area contributed by atoms with Gasteiger partial charge in [0.15, 0.2) is 0 Å². The molecule has 0 spiro atoms. The summed E-state index contributed by atoms with van der Waals surface area (Å²) in [5.74, 6) is -8.10. The van der Waals surface area contributed by atoms with Gasteiger partial charge in [-0.25, -0.2) is 9.18 Å². The standard InChI is InChI=1S/C12H11F3N2O3.ClH/c1-2-20-11(19)12(14,15)10(17)6-3-4-8(13)7(5-16)9(6)18;/h3-4,10,18H,2,17H2,1H3;1H/t10-;/m0./s1. The molecule has 0 aliphatic rings. The van der Waals surface area contributed by atoms with Crippen LogP contribution in [0, 0.1) is 17.1 Å². The van der Waals surface area contributed by atoms with Crippen molar-refractivity contribution in [1.29, 1.82) is 5.26 Å². The minimum Gasteiger partial charge on any atom is -0.506 e. The molecular weight excluding hydrogens is 313 g/mol. The minimum absolute atomic E-state index is 0. The molecule has 1 atom stereocenters. The van der Waals surface area contributed by atoms with Crippen LogP contribution in [-0.2, 0) is 9.53 Å².